The van der Waals surface area contributed by atoms with E-state index in [1.54, 1.807) is 27.0 Å². The molecule has 0 aromatic carbocycles. The van der Waals surface area contributed by atoms with E-state index >= 15 is 0 Å². The van der Waals surface area contributed by atoms with Gasteiger partial charge in [0.05, 0.1) is 23.2 Å². The van der Waals surface area contributed by atoms with Crippen molar-refractivity contribution in [3.8, 4) is 5.88 Å². The first-order valence-electron chi connectivity index (χ1n) is 7.12. The second-order valence-corrected chi connectivity index (χ2v) is 6.14. The number of pyridine rings is 2. The predicted molar refractivity (Wildman–Crippen MR) is 90.4 cm³/mol. The fourth-order valence-corrected chi connectivity index (χ4v) is 3.26. The molecule has 0 saturated carbocycles. The minimum atomic E-state index is -0.363. The third-order valence-corrected chi connectivity index (χ3v) is 4.50. The lowest BCUT2D eigenvalue weighted by Gasteiger charge is -2.06. The number of fused-ring (bicyclic) bond motifs is 1. The van der Waals surface area contributed by atoms with Gasteiger partial charge in [0.1, 0.15) is 0 Å². The summed E-state index contributed by atoms with van der Waals surface area (Å²) in [5, 5.41) is 11.9. The molecule has 0 amide bonds. The normalized spacial score (nSPS) is 11.0. The minimum Gasteiger partial charge on any atom is -0.481 e. The molecule has 24 heavy (non-hydrogen) atoms. The summed E-state index contributed by atoms with van der Waals surface area (Å²) >= 11 is 1.42. The van der Waals surface area contributed by atoms with Crippen molar-refractivity contribution in [2.45, 2.75) is 24.8 Å². The molecule has 0 atom stereocenters. The molecule has 0 radical (unpaired) electrons. The fourth-order valence-electron chi connectivity index (χ4n) is 2.36. The van der Waals surface area contributed by atoms with Crippen LogP contribution in [0.15, 0.2) is 23.5 Å². The van der Waals surface area contributed by atoms with Crippen LogP contribution in [0, 0.1) is 24.0 Å². The molecule has 1 N–H and O–H groups in total. The van der Waals surface area contributed by atoms with E-state index in [1.807, 2.05) is 6.07 Å². The number of thioether (sulfide) groups is 1. The van der Waals surface area contributed by atoms with E-state index in [-0.39, 0.29) is 10.6 Å². The Balaban J connectivity index is 1.83. The number of nitro groups is 1. The number of nitrogens with zero attached hydrogens (tertiary/aromatic N) is 4. The number of rotatable bonds is 5. The van der Waals surface area contributed by atoms with Gasteiger partial charge in [-0.25, -0.2) is 4.98 Å². The molecule has 0 aliphatic rings. The summed E-state index contributed by atoms with van der Waals surface area (Å²) in [6.45, 7) is 3.41. The van der Waals surface area contributed by atoms with Crippen molar-refractivity contribution >= 4 is 28.6 Å². The van der Waals surface area contributed by atoms with Crippen LogP contribution in [0.25, 0.3) is 11.2 Å². The van der Waals surface area contributed by atoms with E-state index in [4.69, 9.17) is 4.74 Å². The van der Waals surface area contributed by atoms with Crippen molar-refractivity contribution < 1.29 is 9.66 Å². The number of H-pyrrole nitrogens is 1. The fraction of sp³-hybridized carbons (Fsp3) is 0.267. The van der Waals surface area contributed by atoms with Crippen molar-refractivity contribution in [2.24, 2.45) is 0 Å². The number of hydrogen-bond donors (Lipinski definition) is 1. The monoisotopic (exact) mass is 345 g/mol. The zero-order valence-electron chi connectivity index (χ0n) is 13.4. The van der Waals surface area contributed by atoms with Crippen LogP contribution >= 0.6 is 11.8 Å². The Labute approximate surface area is 141 Å². The van der Waals surface area contributed by atoms with Crippen LogP contribution in [0.3, 0.4) is 0 Å². The lowest BCUT2D eigenvalue weighted by atomic mass is 10.1. The summed E-state index contributed by atoms with van der Waals surface area (Å²) in [6.07, 6.45) is 1.53. The van der Waals surface area contributed by atoms with Gasteiger partial charge in [-0.1, -0.05) is 11.8 Å². The first-order valence-corrected chi connectivity index (χ1v) is 8.11. The first kappa shape index (κ1) is 16.2. The lowest BCUT2D eigenvalue weighted by Crippen LogP contribution is -2.01. The first-order chi connectivity index (χ1) is 11.5. The zero-order valence-corrected chi connectivity index (χ0v) is 14.2. The van der Waals surface area contributed by atoms with Crippen molar-refractivity contribution in [3.05, 3.63) is 45.3 Å². The minimum absolute atomic E-state index is 0.122. The molecule has 3 aromatic heterocycles. The van der Waals surface area contributed by atoms with Gasteiger partial charge in [-0.3, -0.25) is 15.1 Å². The summed E-state index contributed by atoms with van der Waals surface area (Å²) in [5.74, 6) is 0.974. The van der Waals surface area contributed by atoms with Gasteiger partial charge in [-0.05, 0) is 19.9 Å². The number of aryl methyl sites for hydroxylation is 1. The smallest absolute Gasteiger partial charge is 0.278 e. The average Bonchev–Trinajstić information content (AvgIpc) is 2.95. The van der Waals surface area contributed by atoms with E-state index in [1.165, 1.54) is 18.0 Å². The maximum absolute atomic E-state index is 11.2. The van der Waals surface area contributed by atoms with Crippen LogP contribution in [0.2, 0.25) is 0 Å². The van der Waals surface area contributed by atoms with Crippen molar-refractivity contribution in [1.29, 1.82) is 0 Å². The molecule has 3 rings (SSSR count). The number of hydrogen-bond acceptors (Lipinski definition) is 7. The van der Waals surface area contributed by atoms with Crippen LogP contribution < -0.4 is 4.74 Å². The molecule has 0 aliphatic heterocycles. The van der Waals surface area contributed by atoms with Gasteiger partial charge in [0.2, 0.25) is 5.88 Å². The molecular weight excluding hydrogens is 330 g/mol. The Kier molecular flexibility index (Phi) is 4.34. The van der Waals surface area contributed by atoms with E-state index in [2.05, 4.69) is 19.9 Å². The Hall–Kier alpha value is -2.68. The number of methoxy groups -OCH3 is 1. The van der Waals surface area contributed by atoms with Crippen LogP contribution in [-0.4, -0.2) is 32.0 Å². The maximum atomic E-state index is 11.2. The molecule has 0 saturated heterocycles. The van der Waals surface area contributed by atoms with Gasteiger partial charge < -0.3 is 9.72 Å². The largest absolute Gasteiger partial charge is 0.481 e. The van der Waals surface area contributed by atoms with Gasteiger partial charge in [0.25, 0.3) is 5.69 Å². The Morgan fingerprint density at radius 3 is 2.83 bits per heavy atom. The predicted octanol–water partition coefficient (Wildman–Crippen LogP) is 3.18. The molecular formula is C15H15N5O3S. The summed E-state index contributed by atoms with van der Waals surface area (Å²) in [4.78, 5) is 26.9. The van der Waals surface area contributed by atoms with Gasteiger partial charge >= 0.3 is 0 Å². The van der Waals surface area contributed by atoms with Gasteiger partial charge in [-0.15, -0.1) is 0 Å². The summed E-state index contributed by atoms with van der Waals surface area (Å²) in [5.41, 5.74) is 3.31. The van der Waals surface area contributed by atoms with Crippen molar-refractivity contribution in [1.82, 2.24) is 19.9 Å². The van der Waals surface area contributed by atoms with Crippen LogP contribution in [-0.2, 0) is 5.75 Å². The van der Waals surface area contributed by atoms with E-state index in [0.29, 0.717) is 39.3 Å². The third-order valence-electron chi connectivity index (χ3n) is 3.61. The van der Waals surface area contributed by atoms with Gasteiger partial charge in [-0.2, -0.15) is 4.98 Å². The molecule has 124 valence electrons. The quantitative estimate of drug-likeness (QED) is 0.430. The molecule has 9 heteroatoms. The van der Waals surface area contributed by atoms with Crippen molar-refractivity contribution in [2.75, 3.05) is 7.11 Å². The molecule has 0 unspecified atom stereocenters. The number of ether oxygens (including phenoxy) is 1. The highest BCUT2D eigenvalue weighted by molar-refractivity contribution is 7.98. The summed E-state index contributed by atoms with van der Waals surface area (Å²) in [7, 11) is 1.55. The highest BCUT2D eigenvalue weighted by atomic mass is 32.2. The van der Waals surface area contributed by atoms with E-state index < -0.39 is 0 Å². The van der Waals surface area contributed by atoms with Crippen LogP contribution in [0.1, 0.15) is 16.8 Å². The zero-order chi connectivity index (χ0) is 17.3. The molecule has 3 heterocycles. The Bertz CT molecular complexity index is 925. The second kappa shape index (κ2) is 6.44. The standard InChI is InChI=1S/C15H15N5O3S/c1-8-6-16-11(9(2)13(8)20(21)22)7-24-15-17-10-4-5-12(23-3)18-14(10)19-15/h4-6H,7H2,1-3H3,(H,17,18,19). The highest BCUT2D eigenvalue weighted by Crippen LogP contribution is 2.29. The molecule has 8 nitrogen and oxygen atoms in total. The van der Waals surface area contributed by atoms with Crippen molar-refractivity contribution in [3.63, 3.8) is 0 Å². The molecule has 0 spiro atoms. The number of nitrogens with one attached hydrogen (secondary N) is 1. The second-order valence-electron chi connectivity index (χ2n) is 5.17. The topological polar surface area (TPSA) is 107 Å². The van der Waals surface area contributed by atoms with E-state index in [0.717, 1.165) is 5.52 Å². The molecule has 0 bridgehead atoms. The lowest BCUT2D eigenvalue weighted by molar-refractivity contribution is -0.386. The molecule has 0 aliphatic carbocycles. The van der Waals surface area contributed by atoms with Gasteiger partial charge in [0.15, 0.2) is 10.8 Å². The highest BCUT2D eigenvalue weighted by Gasteiger charge is 2.19. The Morgan fingerprint density at radius 1 is 1.33 bits per heavy atom. The Morgan fingerprint density at radius 2 is 2.12 bits per heavy atom. The van der Waals surface area contributed by atoms with Gasteiger partial charge in [0, 0.05) is 29.1 Å². The van der Waals surface area contributed by atoms with Crippen LogP contribution in [0.5, 0.6) is 5.88 Å². The summed E-state index contributed by atoms with van der Waals surface area (Å²) < 4.78 is 5.08. The summed E-state index contributed by atoms with van der Waals surface area (Å²) in [6, 6.07) is 3.60. The molecule has 0 fully saturated rings. The average molecular weight is 345 g/mol. The number of aromatic amines is 1. The number of aromatic nitrogens is 4. The van der Waals surface area contributed by atoms with Crippen LogP contribution in [0.4, 0.5) is 5.69 Å². The van der Waals surface area contributed by atoms with E-state index in [9.17, 15) is 10.1 Å². The maximum Gasteiger partial charge on any atom is 0.278 e. The molecule has 3 aromatic rings. The SMILES string of the molecule is COc1ccc2[nH]c(SCc3ncc(C)c([N+](=O)[O-])c3C)nc2n1. The third kappa shape index (κ3) is 3.02. The number of imidazole rings is 1.